The number of rotatable bonds is 6. The SMILES string of the molecule is CCCCC1=CC(=Cc2ccccc2)[Si]1(c1ccccc1)c1c(C)cc(C)cc1C. The molecule has 0 N–H and O–H groups in total. The fourth-order valence-electron chi connectivity index (χ4n) is 5.28. The second-order valence-corrected chi connectivity index (χ2v) is 12.5. The molecule has 1 atom stereocenters. The summed E-state index contributed by atoms with van der Waals surface area (Å²) < 4.78 is 0. The van der Waals surface area contributed by atoms with Gasteiger partial charge in [-0.15, -0.1) is 0 Å². The summed E-state index contributed by atoms with van der Waals surface area (Å²) in [4.78, 5) is 0. The molecule has 4 rings (SSSR count). The Morgan fingerprint density at radius 2 is 1.40 bits per heavy atom. The molecule has 0 aromatic heterocycles. The molecule has 1 unspecified atom stereocenters. The third kappa shape index (κ3) is 3.52. The summed E-state index contributed by atoms with van der Waals surface area (Å²) >= 11 is 0. The van der Waals surface area contributed by atoms with Crippen LogP contribution in [0.3, 0.4) is 0 Å². The maximum absolute atomic E-state index is 2.51. The van der Waals surface area contributed by atoms with Gasteiger partial charge in [0.2, 0.25) is 0 Å². The number of aryl methyl sites for hydroxylation is 3. The minimum atomic E-state index is -2.16. The number of unbranched alkanes of at least 4 members (excludes halogenated alkanes) is 1. The van der Waals surface area contributed by atoms with Gasteiger partial charge < -0.3 is 0 Å². The molecule has 0 saturated heterocycles. The average molecular weight is 409 g/mol. The molecular weight excluding hydrogens is 376 g/mol. The van der Waals surface area contributed by atoms with Crippen molar-refractivity contribution in [3.05, 3.63) is 112 Å². The van der Waals surface area contributed by atoms with Crippen molar-refractivity contribution >= 4 is 24.5 Å². The molecule has 0 radical (unpaired) electrons. The van der Waals surface area contributed by atoms with E-state index in [-0.39, 0.29) is 0 Å². The molecule has 0 amide bonds. The van der Waals surface area contributed by atoms with Crippen molar-refractivity contribution in [1.29, 1.82) is 0 Å². The van der Waals surface area contributed by atoms with Crippen LogP contribution >= 0.6 is 0 Å². The summed E-state index contributed by atoms with van der Waals surface area (Å²) in [5.74, 6) is 0. The predicted octanol–water partition coefficient (Wildman–Crippen LogP) is 6.47. The molecule has 30 heavy (non-hydrogen) atoms. The van der Waals surface area contributed by atoms with Crippen LogP contribution in [0.2, 0.25) is 0 Å². The molecule has 0 bridgehead atoms. The third-order valence-corrected chi connectivity index (χ3v) is 11.7. The van der Waals surface area contributed by atoms with E-state index in [4.69, 9.17) is 0 Å². The molecule has 1 heterocycles. The molecule has 3 aromatic rings. The minimum absolute atomic E-state index is 1.20. The van der Waals surface area contributed by atoms with Gasteiger partial charge in [0.1, 0.15) is 0 Å². The molecule has 3 aromatic carbocycles. The van der Waals surface area contributed by atoms with Gasteiger partial charge in [0.05, 0.1) is 0 Å². The van der Waals surface area contributed by atoms with Crippen molar-refractivity contribution in [3.8, 4) is 0 Å². The number of hydrogen-bond acceptors (Lipinski definition) is 0. The summed E-state index contributed by atoms with van der Waals surface area (Å²) in [6.07, 6.45) is 8.67. The Hall–Kier alpha value is -2.64. The van der Waals surface area contributed by atoms with Gasteiger partial charge >= 0.3 is 0 Å². The average Bonchev–Trinajstić information content (AvgIpc) is 2.74. The van der Waals surface area contributed by atoms with Gasteiger partial charge in [-0.25, -0.2) is 0 Å². The second-order valence-electron chi connectivity index (χ2n) is 8.67. The molecular formula is C29H32Si. The van der Waals surface area contributed by atoms with Gasteiger partial charge in [-0.2, -0.15) is 0 Å². The molecule has 152 valence electrons. The lowest BCUT2D eigenvalue weighted by atomic mass is 10.1. The topological polar surface area (TPSA) is 0 Å². The molecule has 1 heteroatoms. The van der Waals surface area contributed by atoms with Gasteiger partial charge in [0.25, 0.3) is 0 Å². The monoisotopic (exact) mass is 408 g/mol. The molecule has 0 nitrogen and oxygen atoms in total. The maximum Gasteiger partial charge on any atom is 0.176 e. The number of benzene rings is 3. The summed E-state index contributed by atoms with van der Waals surface area (Å²) in [5.41, 5.74) is 5.56. The van der Waals surface area contributed by atoms with Crippen molar-refractivity contribution in [2.45, 2.75) is 47.0 Å². The van der Waals surface area contributed by atoms with Crippen LogP contribution in [0.1, 0.15) is 48.4 Å². The van der Waals surface area contributed by atoms with Gasteiger partial charge in [-0.1, -0.05) is 127 Å². The Labute approximate surface area is 183 Å². The summed E-state index contributed by atoms with van der Waals surface area (Å²) in [6.45, 7) is 9.16. The standard InChI is InChI=1S/C29H32Si/c1-5-6-15-27-21-28(20-25-13-9-7-10-14-25)30(27,26-16-11-8-12-17-26)29-23(3)18-22(2)19-24(29)4/h7-14,16-21H,5-6,15H2,1-4H3. The first-order chi connectivity index (χ1) is 14.6. The Kier molecular flexibility index (Phi) is 5.92. The zero-order valence-electron chi connectivity index (χ0n) is 18.7. The van der Waals surface area contributed by atoms with E-state index >= 15 is 0 Å². The van der Waals surface area contributed by atoms with Crippen LogP contribution in [-0.2, 0) is 0 Å². The summed E-state index contributed by atoms with van der Waals surface area (Å²) in [6, 6.07) is 26.9. The van der Waals surface area contributed by atoms with Crippen molar-refractivity contribution < 1.29 is 0 Å². The predicted molar refractivity (Wildman–Crippen MR) is 134 cm³/mol. The molecule has 0 saturated carbocycles. The van der Waals surface area contributed by atoms with Crippen LogP contribution in [0.15, 0.2) is 89.3 Å². The molecule has 0 aliphatic carbocycles. The minimum Gasteiger partial charge on any atom is -0.0674 e. The van der Waals surface area contributed by atoms with Gasteiger partial charge in [0, 0.05) is 0 Å². The van der Waals surface area contributed by atoms with E-state index < -0.39 is 8.07 Å². The highest BCUT2D eigenvalue weighted by molar-refractivity contribution is 7.15. The van der Waals surface area contributed by atoms with E-state index in [1.165, 1.54) is 46.7 Å². The van der Waals surface area contributed by atoms with Crippen LogP contribution in [0.4, 0.5) is 0 Å². The zero-order chi connectivity index (χ0) is 21.1. The second kappa shape index (κ2) is 8.61. The maximum atomic E-state index is 2.51. The number of allylic oxidation sites excluding steroid dienone is 3. The summed E-state index contributed by atoms with van der Waals surface area (Å²) in [7, 11) is -2.16. The first-order valence-electron chi connectivity index (χ1n) is 11.2. The van der Waals surface area contributed by atoms with Crippen molar-refractivity contribution in [1.82, 2.24) is 0 Å². The fourth-order valence-corrected chi connectivity index (χ4v) is 10.7. The zero-order valence-corrected chi connectivity index (χ0v) is 19.7. The van der Waals surface area contributed by atoms with E-state index in [9.17, 15) is 0 Å². The van der Waals surface area contributed by atoms with Crippen LogP contribution in [-0.4, -0.2) is 8.07 Å². The highest BCUT2D eigenvalue weighted by Crippen LogP contribution is 2.40. The van der Waals surface area contributed by atoms with Crippen LogP contribution in [0.25, 0.3) is 6.08 Å². The quantitative estimate of drug-likeness (QED) is 0.410. The lowest BCUT2D eigenvalue weighted by Crippen LogP contribution is -2.67. The van der Waals surface area contributed by atoms with E-state index in [0.29, 0.717) is 0 Å². The Bertz CT molecular complexity index is 1070. The van der Waals surface area contributed by atoms with Crippen LogP contribution in [0, 0.1) is 20.8 Å². The lowest BCUT2D eigenvalue weighted by Gasteiger charge is -2.46. The van der Waals surface area contributed by atoms with Crippen molar-refractivity contribution in [3.63, 3.8) is 0 Å². The van der Waals surface area contributed by atoms with E-state index in [2.05, 4.69) is 113 Å². The molecule has 1 aliphatic rings. The fraction of sp³-hybridized carbons (Fsp3) is 0.241. The van der Waals surface area contributed by atoms with E-state index in [1.54, 1.807) is 15.6 Å². The Morgan fingerprint density at radius 3 is 2.00 bits per heavy atom. The molecule has 0 spiro atoms. The first kappa shape index (κ1) is 20.6. The number of hydrogen-bond donors (Lipinski definition) is 0. The van der Waals surface area contributed by atoms with Gasteiger partial charge in [-0.05, 0) is 48.3 Å². The highest BCUT2D eigenvalue weighted by Gasteiger charge is 2.50. The van der Waals surface area contributed by atoms with E-state index in [0.717, 1.165) is 0 Å². The van der Waals surface area contributed by atoms with Crippen LogP contribution in [0.5, 0.6) is 0 Å². The third-order valence-electron chi connectivity index (χ3n) is 6.42. The highest BCUT2D eigenvalue weighted by atomic mass is 28.3. The normalized spacial score (nSPS) is 19.5. The smallest absolute Gasteiger partial charge is 0.0674 e. The Balaban J connectivity index is 2.02. The summed E-state index contributed by atoms with van der Waals surface area (Å²) in [5, 5.41) is 6.36. The molecule has 0 fully saturated rings. The van der Waals surface area contributed by atoms with Gasteiger partial charge in [0.15, 0.2) is 8.07 Å². The van der Waals surface area contributed by atoms with Gasteiger partial charge in [-0.3, -0.25) is 0 Å². The molecule has 1 aliphatic heterocycles. The van der Waals surface area contributed by atoms with Crippen molar-refractivity contribution in [2.75, 3.05) is 0 Å². The van der Waals surface area contributed by atoms with Crippen LogP contribution < -0.4 is 10.4 Å². The largest absolute Gasteiger partial charge is 0.176 e. The van der Waals surface area contributed by atoms with E-state index in [1.807, 2.05) is 0 Å². The Morgan fingerprint density at radius 1 is 0.800 bits per heavy atom. The lowest BCUT2D eigenvalue weighted by molar-refractivity contribution is 0.801. The first-order valence-corrected chi connectivity index (χ1v) is 13.2. The van der Waals surface area contributed by atoms with Crippen molar-refractivity contribution in [2.24, 2.45) is 0 Å².